The lowest BCUT2D eigenvalue weighted by molar-refractivity contribution is 0.153. The van der Waals surface area contributed by atoms with Gasteiger partial charge in [0, 0.05) is 10.8 Å². The third kappa shape index (κ3) is 3.02. The van der Waals surface area contributed by atoms with Crippen LogP contribution in [0.25, 0.3) is 21.5 Å². The van der Waals surface area contributed by atoms with Crippen molar-refractivity contribution < 1.29 is 18.7 Å². The van der Waals surface area contributed by atoms with Gasteiger partial charge in [-0.05, 0) is 41.1 Å². The monoisotopic (exact) mass is 332 g/mol. The van der Waals surface area contributed by atoms with Crippen molar-refractivity contribution in [2.24, 2.45) is 0 Å². The Labute approximate surface area is 143 Å². The van der Waals surface area contributed by atoms with Gasteiger partial charge in [0.2, 0.25) is 0 Å². The highest BCUT2D eigenvalue weighted by molar-refractivity contribution is 6.06. The van der Waals surface area contributed by atoms with Crippen molar-refractivity contribution in [1.82, 2.24) is 0 Å². The Bertz CT molecular complexity index is 1070. The molecule has 0 aliphatic carbocycles. The average molecular weight is 332 g/mol. The molecule has 0 N–H and O–H groups in total. The van der Waals surface area contributed by atoms with Crippen molar-refractivity contribution in [3.05, 3.63) is 84.7 Å². The Morgan fingerprint density at radius 1 is 0.720 bits per heavy atom. The zero-order chi connectivity index (χ0) is 17.2. The molecular formula is C21H13FO3. The standard InChI is InChI=1S/C21H13FO3/c22-16-11-10-15-12-14-6-4-5-9-18(14)20(19(15)13-16)25-21(23)24-17-7-2-1-3-8-17/h1-13H. The van der Waals surface area contributed by atoms with Crippen LogP contribution >= 0.6 is 0 Å². The molecule has 0 heterocycles. The number of halogens is 1. The lowest BCUT2D eigenvalue weighted by Gasteiger charge is -2.12. The highest BCUT2D eigenvalue weighted by atomic mass is 19.1. The molecule has 0 bridgehead atoms. The third-order valence-electron chi connectivity index (χ3n) is 3.91. The number of hydrogen-bond acceptors (Lipinski definition) is 3. The number of ether oxygens (including phenoxy) is 2. The van der Waals surface area contributed by atoms with Crippen LogP contribution in [0.15, 0.2) is 78.9 Å². The summed E-state index contributed by atoms with van der Waals surface area (Å²) in [5, 5.41) is 2.90. The van der Waals surface area contributed by atoms with Gasteiger partial charge in [0.05, 0.1) is 0 Å². The number of hydrogen-bond donors (Lipinski definition) is 0. The fourth-order valence-corrected chi connectivity index (χ4v) is 2.79. The van der Waals surface area contributed by atoms with Crippen molar-refractivity contribution in [1.29, 1.82) is 0 Å². The largest absolute Gasteiger partial charge is 0.519 e. The molecule has 3 nitrogen and oxygen atoms in total. The van der Waals surface area contributed by atoms with Crippen molar-refractivity contribution >= 4 is 27.7 Å². The summed E-state index contributed by atoms with van der Waals surface area (Å²) in [4.78, 5) is 12.2. The van der Waals surface area contributed by atoms with Crippen LogP contribution in [0.5, 0.6) is 11.5 Å². The molecule has 0 aliphatic rings. The zero-order valence-electron chi connectivity index (χ0n) is 13.1. The zero-order valence-corrected chi connectivity index (χ0v) is 13.1. The summed E-state index contributed by atoms with van der Waals surface area (Å²) in [5.74, 6) is 0.265. The van der Waals surface area contributed by atoms with Gasteiger partial charge in [0.1, 0.15) is 17.3 Å². The van der Waals surface area contributed by atoms with E-state index in [1.807, 2.05) is 36.4 Å². The van der Waals surface area contributed by atoms with Gasteiger partial charge < -0.3 is 9.47 Å². The molecule has 0 aromatic heterocycles. The van der Waals surface area contributed by atoms with E-state index < -0.39 is 12.0 Å². The van der Waals surface area contributed by atoms with Crippen LogP contribution in [0.4, 0.5) is 9.18 Å². The van der Waals surface area contributed by atoms with Crippen molar-refractivity contribution in [2.75, 3.05) is 0 Å². The van der Waals surface area contributed by atoms with Crippen LogP contribution in [-0.4, -0.2) is 6.16 Å². The van der Waals surface area contributed by atoms with E-state index in [0.717, 1.165) is 10.8 Å². The van der Waals surface area contributed by atoms with Crippen LogP contribution < -0.4 is 9.47 Å². The molecule has 0 radical (unpaired) electrons. The normalized spacial score (nSPS) is 10.8. The highest BCUT2D eigenvalue weighted by Crippen LogP contribution is 2.35. The predicted octanol–water partition coefficient (Wildman–Crippen LogP) is 5.71. The fourth-order valence-electron chi connectivity index (χ4n) is 2.79. The molecule has 0 unspecified atom stereocenters. The Morgan fingerprint density at radius 3 is 2.28 bits per heavy atom. The van der Waals surface area contributed by atoms with Gasteiger partial charge in [-0.2, -0.15) is 0 Å². The molecule has 0 saturated carbocycles. The summed E-state index contributed by atoms with van der Waals surface area (Å²) in [6.07, 6.45) is -0.867. The maximum atomic E-state index is 13.7. The molecule has 0 saturated heterocycles. The molecule has 4 rings (SSSR count). The van der Waals surface area contributed by atoms with Gasteiger partial charge in [-0.1, -0.05) is 48.5 Å². The average Bonchev–Trinajstić information content (AvgIpc) is 2.63. The second-order valence-corrected chi connectivity index (χ2v) is 5.56. The molecule has 25 heavy (non-hydrogen) atoms. The van der Waals surface area contributed by atoms with Crippen LogP contribution in [0.1, 0.15) is 0 Å². The topological polar surface area (TPSA) is 35.5 Å². The first-order chi connectivity index (χ1) is 12.2. The van der Waals surface area contributed by atoms with E-state index >= 15 is 0 Å². The Kier molecular flexibility index (Phi) is 3.78. The first kappa shape index (κ1) is 15.1. The number of benzene rings is 4. The molecule has 0 aliphatic heterocycles. The molecule has 0 fully saturated rings. The maximum absolute atomic E-state index is 13.7. The molecule has 4 aromatic rings. The molecule has 4 heteroatoms. The summed E-state index contributed by atoms with van der Waals surface area (Å²) in [5.41, 5.74) is 0. The van der Waals surface area contributed by atoms with E-state index in [1.54, 1.807) is 30.3 Å². The Balaban J connectivity index is 1.80. The van der Waals surface area contributed by atoms with E-state index in [0.29, 0.717) is 16.5 Å². The highest BCUT2D eigenvalue weighted by Gasteiger charge is 2.15. The van der Waals surface area contributed by atoms with E-state index in [-0.39, 0.29) is 5.75 Å². The van der Waals surface area contributed by atoms with Crippen LogP contribution in [0.2, 0.25) is 0 Å². The summed E-state index contributed by atoms with van der Waals surface area (Å²) in [6, 6.07) is 22.4. The minimum absolute atomic E-state index is 0.286. The second kappa shape index (κ2) is 6.24. The van der Waals surface area contributed by atoms with Gasteiger partial charge in [0.25, 0.3) is 0 Å². The number of carbonyl (C=O) groups excluding carboxylic acids is 1. The van der Waals surface area contributed by atoms with Crippen LogP contribution in [0, 0.1) is 5.82 Å². The smallest absolute Gasteiger partial charge is 0.395 e. The van der Waals surface area contributed by atoms with Crippen molar-refractivity contribution in [3.8, 4) is 11.5 Å². The lowest BCUT2D eigenvalue weighted by atomic mass is 10.0. The molecule has 4 aromatic carbocycles. The summed E-state index contributed by atoms with van der Waals surface area (Å²) in [6.45, 7) is 0. The van der Waals surface area contributed by atoms with Crippen LogP contribution in [0.3, 0.4) is 0 Å². The number of carbonyl (C=O) groups is 1. The molecule has 0 atom stereocenters. The SMILES string of the molecule is O=C(Oc1ccccc1)Oc1c2ccccc2cc2ccc(F)cc12. The van der Waals surface area contributed by atoms with Crippen molar-refractivity contribution in [2.45, 2.75) is 0 Å². The predicted molar refractivity (Wildman–Crippen MR) is 94.5 cm³/mol. The van der Waals surface area contributed by atoms with E-state index in [9.17, 15) is 9.18 Å². The van der Waals surface area contributed by atoms with Gasteiger partial charge in [-0.25, -0.2) is 9.18 Å². The molecule has 0 spiro atoms. The van der Waals surface area contributed by atoms with Gasteiger partial charge >= 0.3 is 6.16 Å². The maximum Gasteiger partial charge on any atom is 0.519 e. The lowest BCUT2D eigenvalue weighted by Crippen LogP contribution is -2.14. The van der Waals surface area contributed by atoms with Crippen LogP contribution in [-0.2, 0) is 0 Å². The number of para-hydroxylation sites is 1. The van der Waals surface area contributed by atoms with Gasteiger partial charge in [-0.3, -0.25) is 0 Å². The fraction of sp³-hybridized carbons (Fsp3) is 0. The van der Waals surface area contributed by atoms with Gasteiger partial charge in [-0.15, -0.1) is 0 Å². The minimum Gasteiger partial charge on any atom is -0.395 e. The first-order valence-corrected chi connectivity index (χ1v) is 7.76. The van der Waals surface area contributed by atoms with Gasteiger partial charge in [0.15, 0.2) is 0 Å². The van der Waals surface area contributed by atoms with E-state index in [2.05, 4.69) is 0 Å². The summed E-state index contributed by atoms with van der Waals surface area (Å²) < 4.78 is 24.4. The molecular weight excluding hydrogens is 319 g/mol. The first-order valence-electron chi connectivity index (χ1n) is 7.76. The third-order valence-corrected chi connectivity index (χ3v) is 3.91. The summed E-state index contributed by atoms with van der Waals surface area (Å²) >= 11 is 0. The van der Waals surface area contributed by atoms with E-state index in [4.69, 9.17) is 9.47 Å². The second-order valence-electron chi connectivity index (χ2n) is 5.56. The molecule has 0 amide bonds. The van der Waals surface area contributed by atoms with Crippen molar-refractivity contribution in [3.63, 3.8) is 0 Å². The molecule has 122 valence electrons. The Hall–Kier alpha value is -3.40. The van der Waals surface area contributed by atoms with E-state index in [1.165, 1.54) is 12.1 Å². The number of fused-ring (bicyclic) bond motifs is 2. The summed E-state index contributed by atoms with van der Waals surface area (Å²) in [7, 11) is 0. The number of rotatable bonds is 2. The quantitative estimate of drug-likeness (QED) is 0.268. The minimum atomic E-state index is -0.867. The Morgan fingerprint density at radius 2 is 1.44 bits per heavy atom.